The maximum absolute atomic E-state index is 13.5. The first kappa shape index (κ1) is 23.9. The van der Waals surface area contributed by atoms with Gasteiger partial charge in [-0.3, -0.25) is 4.79 Å². The molecule has 3 saturated heterocycles. The lowest BCUT2D eigenvalue weighted by Gasteiger charge is -2.43. The second-order valence-electron chi connectivity index (χ2n) is 8.81. The number of ether oxygens (including phenoxy) is 2. The van der Waals surface area contributed by atoms with Crippen LogP contribution in [-0.4, -0.2) is 85.8 Å². The fourth-order valence-corrected chi connectivity index (χ4v) is 6.82. The first-order valence-corrected chi connectivity index (χ1v) is 13.1. The molecule has 0 bridgehead atoms. The van der Waals surface area contributed by atoms with E-state index in [4.69, 9.17) is 21.1 Å². The van der Waals surface area contributed by atoms with Gasteiger partial charge in [-0.05, 0) is 50.3 Å². The second kappa shape index (κ2) is 10.4. The van der Waals surface area contributed by atoms with Crippen molar-refractivity contribution in [1.82, 2.24) is 9.21 Å². The van der Waals surface area contributed by atoms with Crippen LogP contribution in [0.3, 0.4) is 0 Å². The summed E-state index contributed by atoms with van der Waals surface area (Å²) in [6.07, 6.45) is 2.90. The maximum Gasteiger partial charge on any atom is 0.243 e. The smallest absolute Gasteiger partial charge is 0.243 e. The number of aliphatic hydroxyl groups is 1. The molecule has 4 atom stereocenters. The molecule has 1 amide bonds. The quantitative estimate of drug-likeness (QED) is 0.699. The van der Waals surface area contributed by atoms with Crippen LogP contribution in [0.5, 0.6) is 0 Å². The minimum absolute atomic E-state index is 0.0194. The van der Waals surface area contributed by atoms with Gasteiger partial charge in [0.15, 0.2) is 0 Å². The molecule has 8 nitrogen and oxygen atoms in total. The van der Waals surface area contributed by atoms with E-state index in [1.165, 1.54) is 16.4 Å². The van der Waals surface area contributed by atoms with E-state index in [0.717, 1.165) is 32.4 Å². The lowest BCUT2D eigenvalue weighted by Crippen LogP contribution is -2.57. The highest BCUT2D eigenvalue weighted by Gasteiger charge is 2.43. The number of carbonyl (C=O) groups excluding carboxylic acids is 1. The molecule has 32 heavy (non-hydrogen) atoms. The number of carbonyl (C=O) groups is 1. The van der Waals surface area contributed by atoms with E-state index >= 15 is 0 Å². The molecule has 3 heterocycles. The Balaban J connectivity index is 1.50. The average molecular weight is 487 g/mol. The molecule has 4 rings (SSSR count). The Hall–Kier alpha value is -1.23. The van der Waals surface area contributed by atoms with Crippen molar-refractivity contribution in [2.24, 2.45) is 0 Å². The molecule has 0 spiro atoms. The van der Waals surface area contributed by atoms with Crippen molar-refractivity contribution in [3.63, 3.8) is 0 Å². The molecule has 1 N–H and O–H groups in total. The topological polar surface area (TPSA) is 96.4 Å². The largest absolute Gasteiger partial charge is 0.389 e. The number of likely N-dealkylation sites (tertiary alicyclic amines) is 1. The van der Waals surface area contributed by atoms with Crippen LogP contribution >= 0.6 is 11.6 Å². The van der Waals surface area contributed by atoms with Gasteiger partial charge >= 0.3 is 0 Å². The molecule has 0 aliphatic carbocycles. The number of fused-ring (bicyclic) bond motifs is 1. The summed E-state index contributed by atoms with van der Waals surface area (Å²) in [4.78, 5) is 14.7. The van der Waals surface area contributed by atoms with Gasteiger partial charge < -0.3 is 19.5 Å². The molecule has 0 unspecified atom stereocenters. The SMILES string of the molecule is O=C(C[C@@H]1CC[C@H]2[C@@H](COC[C@@H](O)CN2S(=O)(=O)c2cccc(Cl)c2)O1)N1CCCCC1. The lowest BCUT2D eigenvalue weighted by molar-refractivity contribution is -0.152. The summed E-state index contributed by atoms with van der Waals surface area (Å²) in [5, 5.41) is 10.6. The van der Waals surface area contributed by atoms with Crippen molar-refractivity contribution in [3.05, 3.63) is 29.3 Å². The highest BCUT2D eigenvalue weighted by molar-refractivity contribution is 7.89. The standard InChI is InChI=1S/C22H31ClN2O6S/c23-16-5-4-6-19(11-16)32(28,29)25-13-17(26)14-30-15-21-20(25)8-7-18(31-21)12-22(27)24-9-2-1-3-10-24/h4-6,11,17-18,20-21,26H,1-3,7-10,12-15H2/t17-,18-,20-,21+/m0/s1. The van der Waals surface area contributed by atoms with Gasteiger partial charge in [-0.1, -0.05) is 17.7 Å². The Morgan fingerprint density at radius 2 is 1.94 bits per heavy atom. The third-order valence-corrected chi connectivity index (χ3v) is 8.57. The van der Waals surface area contributed by atoms with Crippen LogP contribution in [0.4, 0.5) is 0 Å². The summed E-state index contributed by atoms with van der Waals surface area (Å²) in [7, 11) is -3.91. The minimum Gasteiger partial charge on any atom is -0.389 e. The molecule has 10 heteroatoms. The average Bonchev–Trinajstić information content (AvgIpc) is 2.77. The van der Waals surface area contributed by atoms with Gasteiger partial charge in [0.1, 0.15) is 0 Å². The van der Waals surface area contributed by atoms with E-state index < -0.39 is 28.3 Å². The Bertz CT molecular complexity index is 907. The van der Waals surface area contributed by atoms with Gasteiger partial charge in [0.05, 0.1) is 48.9 Å². The first-order chi connectivity index (χ1) is 15.3. The zero-order valence-electron chi connectivity index (χ0n) is 18.1. The number of amides is 1. The molecule has 0 saturated carbocycles. The predicted molar refractivity (Wildman–Crippen MR) is 119 cm³/mol. The van der Waals surface area contributed by atoms with Gasteiger partial charge in [-0.2, -0.15) is 4.31 Å². The number of halogens is 1. The molecule has 1 aromatic rings. The van der Waals surface area contributed by atoms with E-state index in [0.29, 0.717) is 24.3 Å². The van der Waals surface area contributed by atoms with Crippen LogP contribution in [-0.2, 0) is 24.3 Å². The summed E-state index contributed by atoms with van der Waals surface area (Å²) < 4.78 is 40.1. The number of hydrogen-bond acceptors (Lipinski definition) is 6. The van der Waals surface area contributed by atoms with Crippen LogP contribution < -0.4 is 0 Å². The number of hydrogen-bond donors (Lipinski definition) is 1. The van der Waals surface area contributed by atoms with Gasteiger partial charge in [0, 0.05) is 24.7 Å². The van der Waals surface area contributed by atoms with Crippen molar-refractivity contribution in [1.29, 1.82) is 0 Å². The number of benzene rings is 1. The monoisotopic (exact) mass is 486 g/mol. The Kier molecular flexibility index (Phi) is 7.74. The minimum atomic E-state index is -3.91. The summed E-state index contributed by atoms with van der Waals surface area (Å²) in [6, 6.07) is 5.64. The first-order valence-electron chi connectivity index (χ1n) is 11.3. The van der Waals surface area contributed by atoms with Crippen LogP contribution in [0.25, 0.3) is 0 Å². The van der Waals surface area contributed by atoms with Crippen molar-refractivity contribution >= 4 is 27.5 Å². The number of β-amino-alcohol motifs (C(OH)–C–C–N with tert-alkyl or cyclic N) is 1. The van der Waals surface area contributed by atoms with Crippen LogP contribution in [0.15, 0.2) is 29.2 Å². The molecule has 3 fully saturated rings. The Labute approximate surface area is 194 Å². The molecule has 3 aliphatic rings. The van der Waals surface area contributed by atoms with Crippen LogP contribution in [0.1, 0.15) is 38.5 Å². The van der Waals surface area contributed by atoms with Gasteiger partial charge in [0.2, 0.25) is 15.9 Å². The Morgan fingerprint density at radius 1 is 1.16 bits per heavy atom. The highest BCUT2D eigenvalue weighted by atomic mass is 35.5. The lowest BCUT2D eigenvalue weighted by atomic mass is 9.96. The third kappa shape index (κ3) is 5.46. The van der Waals surface area contributed by atoms with Gasteiger partial charge in [0.25, 0.3) is 0 Å². The molecular formula is C22H31ClN2O6S. The molecule has 0 aromatic heterocycles. The van der Waals surface area contributed by atoms with E-state index in [2.05, 4.69) is 0 Å². The molecule has 178 valence electrons. The van der Waals surface area contributed by atoms with Crippen molar-refractivity contribution < 1.29 is 27.8 Å². The highest BCUT2D eigenvalue weighted by Crippen LogP contribution is 2.32. The van der Waals surface area contributed by atoms with Crippen LogP contribution in [0.2, 0.25) is 5.02 Å². The molecule has 3 aliphatic heterocycles. The summed E-state index contributed by atoms with van der Waals surface area (Å²) in [5.74, 6) is 0.0961. The fraction of sp³-hybridized carbons (Fsp3) is 0.682. The van der Waals surface area contributed by atoms with Gasteiger partial charge in [-0.25, -0.2) is 8.42 Å². The summed E-state index contributed by atoms with van der Waals surface area (Å²) in [5.41, 5.74) is 0. The van der Waals surface area contributed by atoms with Crippen molar-refractivity contribution in [2.45, 2.75) is 67.8 Å². The third-order valence-electron chi connectivity index (χ3n) is 6.45. The second-order valence-corrected chi connectivity index (χ2v) is 11.1. The van der Waals surface area contributed by atoms with E-state index in [1.54, 1.807) is 12.1 Å². The van der Waals surface area contributed by atoms with Crippen LogP contribution in [0, 0.1) is 0 Å². The number of aliphatic hydroxyl groups excluding tert-OH is 1. The zero-order valence-corrected chi connectivity index (χ0v) is 19.6. The molecular weight excluding hydrogens is 456 g/mol. The normalized spacial score (nSPS) is 30.2. The van der Waals surface area contributed by atoms with Gasteiger partial charge in [-0.15, -0.1) is 0 Å². The number of piperidine rings is 1. The fourth-order valence-electron chi connectivity index (χ4n) is 4.80. The summed E-state index contributed by atoms with van der Waals surface area (Å²) in [6.45, 7) is 1.69. The van der Waals surface area contributed by atoms with E-state index in [-0.39, 0.29) is 36.7 Å². The maximum atomic E-state index is 13.5. The molecule has 0 radical (unpaired) electrons. The molecule has 1 aromatic carbocycles. The Morgan fingerprint density at radius 3 is 2.69 bits per heavy atom. The number of sulfonamides is 1. The van der Waals surface area contributed by atoms with E-state index in [1.807, 2.05) is 4.90 Å². The zero-order chi connectivity index (χ0) is 22.7. The van der Waals surface area contributed by atoms with Crippen molar-refractivity contribution in [3.8, 4) is 0 Å². The van der Waals surface area contributed by atoms with E-state index in [9.17, 15) is 18.3 Å². The number of rotatable bonds is 4. The number of nitrogens with zero attached hydrogens (tertiary/aromatic N) is 2. The predicted octanol–water partition coefficient (Wildman–Crippen LogP) is 2.04. The summed E-state index contributed by atoms with van der Waals surface area (Å²) >= 11 is 6.03. The van der Waals surface area contributed by atoms with Crippen molar-refractivity contribution in [2.75, 3.05) is 32.8 Å².